The molecule has 0 spiro atoms. The lowest BCUT2D eigenvalue weighted by molar-refractivity contribution is -0.179. The maximum atomic E-state index is 13.7. The number of alkyl halides is 6. The molecule has 0 saturated carbocycles. The fourth-order valence-electron chi connectivity index (χ4n) is 4.12. The number of esters is 1. The molecule has 17 heteroatoms. The van der Waals surface area contributed by atoms with Gasteiger partial charge in [0.05, 0.1) is 15.5 Å². The lowest BCUT2D eigenvalue weighted by Crippen LogP contribution is -2.76. The highest BCUT2D eigenvalue weighted by molar-refractivity contribution is 7.87. The average molecular weight is 672 g/mol. The predicted octanol–water partition coefficient (Wildman–Crippen LogP) is 3.29. The summed E-state index contributed by atoms with van der Waals surface area (Å²) in [5.74, 6) is -4.42. The van der Waals surface area contributed by atoms with Crippen molar-refractivity contribution in [3.8, 4) is 0 Å². The Morgan fingerprint density at radius 3 is 2.11 bits per heavy atom. The number of Topliss-reactive ketones (excluding diaryl/α,β-unsaturated/α-hetero) is 1. The number of halogens is 6. The summed E-state index contributed by atoms with van der Waals surface area (Å²) in [5.41, 5.74) is 4.40. The molecule has 0 aromatic heterocycles. The zero-order chi connectivity index (χ0) is 28.8. The second kappa shape index (κ2) is 11.1. The van der Waals surface area contributed by atoms with Crippen molar-refractivity contribution in [2.24, 2.45) is 11.7 Å². The van der Waals surface area contributed by atoms with Crippen LogP contribution in [0.25, 0.3) is 0 Å². The molecule has 5 atom stereocenters. The maximum Gasteiger partial charge on any atom is 0.408 e. The Bertz CT molecular complexity index is 1160. The van der Waals surface area contributed by atoms with Crippen LogP contribution in [0.3, 0.4) is 0 Å². The van der Waals surface area contributed by atoms with E-state index in [0.717, 1.165) is 4.90 Å². The summed E-state index contributed by atoms with van der Waals surface area (Å²) >= 11 is 33.7. The molecule has 0 radical (unpaired) electrons. The lowest BCUT2D eigenvalue weighted by Gasteiger charge is -2.47. The Labute approximate surface area is 250 Å². The number of nitrogens with two attached hydrogens (primary N) is 1. The van der Waals surface area contributed by atoms with Crippen molar-refractivity contribution < 1.29 is 32.9 Å². The average Bonchev–Trinajstić information content (AvgIpc) is 2.94. The number of ether oxygens (including phenoxy) is 2. The molecule has 0 aliphatic carbocycles. The number of rotatable bonds is 7. The van der Waals surface area contributed by atoms with Crippen LogP contribution in [0.5, 0.6) is 0 Å². The summed E-state index contributed by atoms with van der Waals surface area (Å²) in [6, 6.07) is 6.50. The number of hydrogen-bond donors (Lipinski definition) is 2. The van der Waals surface area contributed by atoms with Crippen LogP contribution in [-0.2, 0) is 34.7 Å². The number of hydrogen-bond acceptors (Lipinski definition) is 8. The first-order valence-corrected chi connectivity index (χ1v) is 14.2. The molecule has 0 bridgehead atoms. The number of benzene rings is 1. The molecule has 4 unspecified atom stereocenters. The smallest absolute Gasteiger partial charge is 0.408 e. The minimum atomic E-state index is -2.24. The van der Waals surface area contributed by atoms with E-state index in [4.69, 9.17) is 84.8 Å². The molecule has 10 nitrogen and oxygen atoms in total. The number of carbonyl (C=O) groups excluding carboxylic acids is 4. The van der Waals surface area contributed by atoms with Crippen molar-refractivity contribution >= 4 is 104 Å². The Kier molecular flexibility index (Phi) is 9.18. The molecular formula is C21H21Cl6N3O7S. The van der Waals surface area contributed by atoms with E-state index in [9.17, 15) is 23.4 Å². The highest BCUT2D eigenvalue weighted by Gasteiger charge is 2.76. The fourth-order valence-corrected chi connectivity index (χ4v) is 6.50. The van der Waals surface area contributed by atoms with Gasteiger partial charge in [-0.2, -0.15) is 0 Å². The Hall–Kier alpha value is -1.05. The quantitative estimate of drug-likeness (QED) is 0.195. The number of nitrogens with one attached hydrogen (secondary N) is 1. The van der Waals surface area contributed by atoms with Crippen molar-refractivity contribution in [3.63, 3.8) is 0 Å². The van der Waals surface area contributed by atoms with Gasteiger partial charge in [-0.25, -0.2) is 9.59 Å². The monoisotopic (exact) mass is 669 g/mol. The van der Waals surface area contributed by atoms with Crippen molar-refractivity contribution in [3.05, 3.63) is 35.9 Å². The maximum absolute atomic E-state index is 13.7. The third kappa shape index (κ3) is 6.00. The molecule has 210 valence electrons. The van der Waals surface area contributed by atoms with E-state index in [1.54, 1.807) is 18.2 Å². The standard InChI is InChI=1S/C21H21Cl6N3O7S/c1-18(2)21(28,16(33)36-8-19(22,23)24)30-14(32)11(15(30)38(18)35)13(31)12(10-6-4-3-5-7-10)29-17(34)37-9-20(25,26)27/h3-7,11-12,15H,8-9,28H2,1-2H3,(H,29,34)/t11?,12?,15-,21?,38?/m1/s1. The highest BCUT2D eigenvalue weighted by atomic mass is 35.6. The van der Waals surface area contributed by atoms with Gasteiger partial charge in [0.1, 0.15) is 30.5 Å². The van der Waals surface area contributed by atoms with Crippen molar-refractivity contribution in [1.82, 2.24) is 10.2 Å². The number of amides is 2. The Morgan fingerprint density at radius 2 is 1.58 bits per heavy atom. The molecule has 3 N–H and O–H groups in total. The number of fused-ring (bicyclic) bond motifs is 1. The largest absolute Gasteiger partial charge is 0.458 e. The normalized spacial score (nSPS) is 27.1. The van der Waals surface area contributed by atoms with Crippen LogP contribution in [0.2, 0.25) is 0 Å². The summed E-state index contributed by atoms with van der Waals surface area (Å²) in [7, 11) is -2.04. The number of nitrogens with zero attached hydrogens (tertiary/aromatic N) is 1. The second-order valence-corrected chi connectivity index (χ2v) is 16.1. The number of carbonyl (C=O) groups is 4. The van der Waals surface area contributed by atoms with E-state index in [0.29, 0.717) is 5.56 Å². The van der Waals surface area contributed by atoms with E-state index in [1.807, 2.05) is 0 Å². The molecule has 2 saturated heterocycles. The Morgan fingerprint density at radius 1 is 1.05 bits per heavy atom. The molecular weight excluding hydrogens is 651 g/mol. The lowest BCUT2D eigenvalue weighted by atomic mass is 9.82. The van der Waals surface area contributed by atoms with Gasteiger partial charge in [-0.3, -0.25) is 24.4 Å². The molecule has 38 heavy (non-hydrogen) atoms. The van der Waals surface area contributed by atoms with E-state index in [-0.39, 0.29) is 0 Å². The van der Waals surface area contributed by atoms with E-state index in [1.165, 1.54) is 26.0 Å². The Balaban J connectivity index is 1.90. The minimum absolute atomic E-state index is 0.290. The van der Waals surface area contributed by atoms with Crippen LogP contribution in [0.1, 0.15) is 25.5 Å². The third-order valence-electron chi connectivity index (χ3n) is 6.09. The van der Waals surface area contributed by atoms with Crippen LogP contribution in [0.15, 0.2) is 30.3 Å². The van der Waals surface area contributed by atoms with Crippen LogP contribution in [0.4, 0.5) is 4.79 Å². The van der Waals surface area contributed by atoms with E-state index >= 15 is 0 Å². The molecule has 1 aromatic rings. The summed E-state index contributed by atoms with van der Waals surface area (Å²) in [5, 5.41) is 1.04. The zero-order valence-electron chi connectivity index (χ0n) is 19.6. The van der Waals surface area contributed by atoms with Gasteiger partial charge in [-0.05, 0) is 19.4 Å². The number of ketones is 1. The first kappa shape index (κ1) is 31.5. The minimum Gasteiger partial charge on any atom is -0.458 e. The van der Waals surface area contributed by atoms with Gasteiger partial charge in [0.25, 0.3) is 0 Å². The van der Waals surface area contributed by atoms with E-state index in [2.05, 4.69) is 5.32 Å². The van der Waals surface area contributed by atoms with Crippen molar-refractivity contribution in [1.29, 1.82) is 0 Å². The second-order valence-electron chi connectivity index (χ2n) is 8.92. The van der Waals surface area contributed by atoms with Gasteiger partial charge >= 0.3 is 12.1 Å². The van der Waals surface area contributed by atoms with Gasteiger partial charge in [0.2, 0.25) is 19.2 Å². The highest BCUT2D eigenvalue weighted by Crippen LogP contribution is 2.51. The fraction of sp³-hybridized carbons (Fsp3) is 0.524. The van der Waals surface area contributed by atoms with Gasteiger partial charge in [-0.15, -0.1) is 0 Å². The summed E-state index contributed by atoms with van der Waals surface area (Å²) in [6.45, 7) is 1.45. The van der Waals surface area contributed by atoms with Crippen molar-refractivity contribution in [2.75, 3.05) is 13.2 Å². The first-order chi connectivity index (χ1) is 17.3. The number of alkyl carbamates (subject to hydrolysis) is 1. The van der Waals surface area contributed by atoms with Gasteiger partial charge in [0, 0.05) is 0 Å². The molecule has 1 aromatic carbocycles. The first-order valence-electron chi connectivity index (χ1n) is 10.7. The van der Waals surface area contributed by atoms with Crippen LogP contribution < -0.4 is 11.1 Å². The van der Waals surface area contributed by atoms with Gasteiger partial charge in [0.15, 0.2) is 5.78 Å². The summed E-state index contributed by atoms with van der Waals surface area (Å²) in [4.78, 5) is 53.2. The SMILES string of the molecule is CC1(C)S(=O)[C@@H]2C(C(=O)C(NC(=O)OCC(Cl)(Cl)Cl)c3ccccc3)C(=O)N2C1(N)C(=O)OCC(Cl)(Cl)Cl. The third-order valence-corrected chi connectivity index (χ3v) is 8.99. The summed E-state index contributed by atoms with van der Waals surface area (Å²) < 4.78 is 17.9. The molecule has 2 fully saturated rings. The van der Waals surface area contributed by atoms with Gasteiger partial charge in [-0.1, -0.05) is 99.9 Å². The van der Waals surface area contributed by atoms with Crippen LogP contribution in [-0.4, -0.2) is 69.4 Å². The summed E-state index contributed by atoms with van der Waals surface area (Å²) in [6.07, 6.45) is -1.11. The van der Waals surface area contributed by atoms with Crippen molar-refractivity contribution in [2.45, 2.75) is 43.3 Å². The molecule has 2 heterocycles. The molecule has 2 aliphatic heterocycles. The zero-order valence-corrected chi connectivity index (χ0v) is 24.9. The van der Waals surface area contributed by atoms with Crippen LogP contribution >= 0.6 is 69.6 Å². The van der Waals surface area contributed by atoms with Gasteiger partial charge < -0.3 is 14.8 Å². The molecule has 3 rings (SSSR count). The topological polar surface area (TPSA) is 145 Å². The number of β-lactam (4-membered cyclic amide) rings is 1. The molecule has 2 aliphatic rings. The van der Waals surface area contributed by atoms with E-state index < -0.39 is 83.1 Å². The van der Waals surface area contributed by atoms with Crippen LogP contribution in [0, 0.1) is 5.92 Å². The molecule has 2 amide bonds. The predicted molar refractivity (Wildman–Crippen MR) is 143 cm³/mol.